The summed E-state index contributed by atoms with van der Waals surface area (Å²) in [7, 11) is 1.71. The van der Waals surface area contributed by atoms with E-state index in [1.807, 2.05) is 12.1 Å². The Balaban J connectivity index is 1.76. The molecular formula is C15H13BrN2O3. The second kappa shape index (κ2) is 5.37. The van der Waals surface area contributed by atoms with Crippen molar-refractivity contribution in [2.75, 3.05) is 12.4 Å². The number of furan rings is 1. The van der Waals surface area contributed by atoms with Crippen molar-refractivity contribution in [3.8, 4) is 0 Å². The third kappa shape index (κ3) is 2.85. The minimum absolute atomic E-state index is 0.0385. The van der Waals surface area contributed by atoms with Gasteiger partial charge in [-0.2, -0.15) is 0 Å². The molecule has 21 heavy (non-hydrogen) atoms. The normalized spacial score (nSPS) is 13.0. The summed E-state index contributed by atoms with van der Waals surface area (Å²) in [6.45, 7) is 0.383. The number of amides is 2. The highest BCUT2D eigenvalue weighted by atomic mass is 79.9. The molecule has 1 N–H and O–H groups in total. The van der Waals surface area contributed by atoms with Gasteiger partial charge < -0.3 is 14.6 Å². The zero-order valence-corrected chi connectivity index (χ0v) is 12.9. The number of anilines is 1. The minimum atomic E-state index is -0.119. The number of hydrogen-bond acceptors (Lipinski definition) is 3. The number of halogens is 1. The van der Waals surface area contributed by atoms with Gasteiger partial charge in [-0.3, -0.25) is 9.59 Å². The number of hydrogen-bond donors (Lipinski definition) is 1. The number of benzene rings is 1. The lowest BCUT2D eigenvalue weighted by molar-refractivity contribution is -0.115. The van der Waals surface area contributed by atoms with Crippen LogP contribution in [0.25, 0.3) is 0 Å². The first kappa shape index (κ1) is 13.9. The highest BCUT2D eigenvalue weighted by Gasteiger charge is 2.20. The summed E-state index contributed by atoms with van der Waals surface area (Å²) in [4.78, 5) is 25.3. The van der Waals surface area contributed by atoms with Crippen LogP contribution in [0.3, 0.4) is 0 Å². The lowest BCUT2D eigenvalue weighted by atomic mass is 10.1. The summed E-state index contributed by atoms with van der Waals surface area (Å²) in [5.74, 6) is 0.544. The van der Waals surface area contributed by atoms with E-state index in [0.29, 0.717) is 29.0 Å². The molecule has 2 amide bonds. The lowest BCUT2D eigenvalue weighted by Crippen LogP contribution is -2.26. The zero-order valence-electron chi connectivity index (χ0n) is 11.4. The number of nitrogens with zero attached hydrogens (tertiary/aromatic N) is 1. The van der Waals surface area contributed by atoms with Gasteiger partial charge in [0, 0.05) is 18.3 Å². The van der Waals surface area contributed by atoms with Gasteiger partial charge in [0.25, 0.3) is 5.91 Å². The fourth-order valence-corrected chi connectivity index (χ4v) is 2.65. The number of fused-ring (bicyclic) bond motifs is 1. The van der Waals surface area contributed by atoms with Crippen LogP contribution in [-0.4, -0.2) is 23.8 Å². The molecule has 0 saturated heterocycles. The number of rotatable bonds is 3. The van der Waals surface area contributed by atoms with E-state index < -0.39 is 0 Å². The average molecular weight is 349 g/mol. The fraction of sp³-hybridized carbons (Fsp3) is 0.200. The Morgan fingerprint density at radius 1 is 1.38 bits per heavy atom. The van der Waals surface area contributed by atoms with Crippen molar-refractivity contribution in [3.63, 3.8) is 0 Å². The monoisotopic (exact) mass is 348 g/mol. The summed E-state index contributed by atoms with van der Waals surface area (Å²) in [5.41, 5.74) is 2.19. The smallest absolute Gasteiger partial charge is 0.254 e. The quantitative estimate of drug-likeness (QED) is 0.927. The zero-order chi connectivity index (χ0) is 15.0. The van der Waals surface area contributed by atoms with Gasteiger partial charge in [-0.1, -0.05) is 6.07 Å². The van der Waals surface area contributed by atoms with Crippen LogP contribution >= 0.6 is 15.9 Å². The van der Waals surface area contributed by atoms with E-state index >= 15 is 0 Å². The Bertz CT molecular complexity index is 723. The van der Waals surface area contributed by atoms with Crippen LogP contribution in [0, 0.1) is 0 Å². The standard InChI is InChI=1S/C15H13BrN2O3/c1-18(8-11-4-5-13(16)21-11)15(20)10-3-2-9-7-14(19)17-12(9)6-10/h2-6H,7-8H2,1H3,(H,17,19). The first-order valence-corrected chi connectivity index (χ1v) is 7.24. The van der Waals surface area contributed by atoms with Gasteiger partial charge in [0.1, 0.15) is 5.76 Å². The Morgan fingerprint density at radius 2 is 2.19 bits per heavy atom. The highest BCUT2D eigenvalue weighted by Crippen LogP contribution is 2.25. The third-order valence-electron chi connectivity index (χ3n) is 3.35. The number of nitrogens with one attached hydrogen (secondary N) is 1. The van der Waals surface area contributed by atoms with E-state index in [1.54, 1.807) is 30.1 Å². The maximum atomic E-state index is 12.4. The van der Waals surface area contributed by atoms with Gasteiger partial charge in [0.2, 0.25) is 5.91 Å². The first-order chi connectivity index (χ1) is 10.0. The van der Waals surface area contributed by atoms with Gasteiger partial charge >= 0.3 is 0 Å². The molecule has 5 nitrogen and oxygen atoms in total. The van der Waals surface area contributed by atoms with Crippen molar-refractivity contribution in [2.45, 2.75) is 13.0 Å². The van der Waals surface area contributed by atoms with Crippen LogP contribution in [0.2, 0.25) is 0 Å². The maximum absolute atomic E-state index is 12.4. The average Bonchev–Trinajstić information content (AvgIpc) is 3.01. The molecule has 3 rings (SSSR count). The molecule has 1 aromatic heterocycles. The SMILES string of the molecule is CN(Cc1ccc(Br)o1)C(=O)c1ccc2c(c1)NC(=O)C2. The van der Waals surface area contributed by atoms with Gasteiger partial charge in [0.05, 0.1) is 13.0 Å². The molecule has 108 valence electrons. The fourth-order valence-electron chi connectivity index (χ4n) is 2.31. The summed E-state index contributed by atoms with van der Waals surface area (Å²) >= 11 is 3.23. The van der Waals surface area contributed by atoms with E-state index in [2.05, 4.69) is 21.2 Å². The van der Waals surface area contributed by atoms with E-state index in [0.717, 1.165) is 11.3 Å². The molecule has 2 aromatic rings. The molecule has 2 heterocycles. The van der Waals surface area contributed by atoms with Gasteiger partial charge in [-0.15, -0.1) is 0 Å². The molecule has 6 heteroatoms. The number of carbonyl (C=O) groups excluding carboxylic acids is 2. The highest BCUT2D eigenvalue weighted by molar-refractivity contribution is 9.10. The summed E-state index contributed by atoms with van der Waals surface area (Å²) in [6.07, 6.45) is 0.375. The van der Waals surface area contributed by atoms with Crippen LogP contribution in [0.4, 0.5) is 5.69 Å². The second-order valence-electron chi connectivity index (χ2n) is 4.96. The first-order valence-electron chi connectivity index (χ1n) is 6.45. The van der Waals surface area contributed by atoms with Crippen molar-refractivity contribution >= 4 is 33.4 Å². The molecule has 1 aliphatic rings. The molecular weight excluding hydrogens is 336 g/mol. The molecule has 0 radical (unpaired) electrons. The van der Waals surface area contributed by atoms with E-state index in [4.69, 9.17) is 4.42 Å². The largest absolute Gasteiger partial charge is 0.452 e. The van der Waals surface area contributed by atoms with Gasteiger partial charge in [0.15, 0.2) is 4.67 Å². The molecule has 0 bridgehead atoms. The van der Waals surface area contributed by atoms with Gasteiger partial charge in [-0.05, 0) is 45.8 Å². The molecule has 1 aromatic carbocycles. The van der Waals surface area contributed by atoms with Crippen molar-refractivity contribution in [3.05, 3.63) is 51.9 Å². The van der Waals surface area contributed by atoms with Crippen LogP contribution in [0.1, 0.15) is 21.7 Å². The predicted molar refractivity (Wildman–Crippen MR) is 81.0 cm³/mol. The molecule has 0 spiro atoms. The number of carbonyl (C=O) groups is 2. The Labute approximate surface area is 130 Å². The second-order valence-corrected chi connectivity index (χ2v) is 5.75. The Hall–Kier alpha value is -2.08. The molecule has 0 aliphatic carbocycles. The van der Waals surface area contributed by atoms with E-state index in [9.17, 15) is 9.59 Å². The van der Waals surface area contributed by atoms with Crippen LogP contribution in [0.15, 0.2) is 39.4 Å². The van der Waals surface area contributed by atoms with Crippen molar-refractivity contribution in [1.29, 1.82) is 0 Å². The topological polar surface area (TPSA) is 62.6 Å². The van der Waals surface area contributed by atoms with E-state index in [-0.39, 0.29) is 11.8 Å². The van der Waals surface area contributed by atoms with Crippen LogP contribution < -0.4 is 5.32 Å². The summed E-state index contributed by atoms with van der Waals surface area (Å²) < 4.78 is 6.03. The molecule has 0 saturated carbocycles. The molecule has 0 atom stereocenters. The maximum Gasteiger partial charge on any atom is 0.254 e. The van der Waals surface area contributed by atoms with Crippen LogP contribution in [-0.2, 0) is 17.8 Å². The molecule has 0 fully saturated rings. The van der Waals surface area contributed by atoms with Crippen molar-refractivity contribution in [2.24, 2.45) is 0 Å². The van der Waals surface area contributed by atoms with E-state index in [1.165, 1.54) is 0 Å². The predicted octanol–water partition coefficient (Wildman–Crippen LogP) is 2.81. The lowest BCUT2D eigenvalue weighted by Gasteiger charge is -2.16. The van der Waals surface area contributed by atoms with Gasteiger partial charge in [-0.25, -0.2) is 0 Å². The Morgan fingerprint density at radius 3 is 2.90 bits per heavy atom. The van der Waals surface area contributed by atoms with Crippen molar-refractivity contribution in [1.82, 2.24) is 4.90 Å². The summed E-state index contributed by atoms with van der Waals surface area (Å²) in [6, 6.07) is 8.89. The van der Waals surface area contributed by atoms with Crippen molar-refractivity contribution < 1.29 is 14.0 Å². The Kier molecular flexibility index (Phi) is 3.55. The molecule has 1 aliphatic heterocycles. The minimum Gasteiger partial charge on any atom is -0.452 e. The summed E-state index contributed by atoms with van der Waals surface area (Å²) in [5, 5.41) is 2.75. The van der Waals surface area contributed by atoms with Crippen LogP contribution in [0.5, 0.6) is 0 Å². The third-order valence-corrected chi connectivity index (χ3v) is 3.78. The molecule has 0 unspecified atom stereocenters.